The van der Waals surface area contributed by atoms with Crippen molar-refractivity contribution in [3.63, 3.8) is 0 Å². The summed E-state index contributed by atoms with van der Waals surface area (Å²) in [5, 5.41) is 0. The fourth-order valence-corrected chi connectivity index (χ4v) is 3.67. The second-order valence-electron chi connectivity index (χ2n) is 6.80. The van der Waals surface area contributed by atoms with Crippen molar-refractivity contribution in [3.8, 4) is 0 Å². The zero-order valence-electron chi connectivity index (χ0n) is 15.1. The van der Waals surface area contributed by atoms with E-state index in [0.717, 1.165) is 25.2 Å². The third kappa shape index (κ3) is 4.37. The number of nitrogens with zero attached hydrogens (tertiary/aromatic N) is 4. The average molecular weight is 371 g/mol. The zero-order chi connectivity index (χ0) is 16.9. The molecule has 1 aliphatic rings. The van der Waals surface area contributed by atoms with E-state index in [9.17, 15) is 0 Å². The van der Waals surface area contributed by atoms with Crippen LogP contribution in [0.1, 0.15) is 12.8 Å². The van der Waals surface area contributed by atoms with E-state index in [-0.39, 0.29) is 12.4 Å². The fraction of sp³-hybridized carbons (Fsp3) is 0.381. The van der Waals surface area contributed by atoms with Gasteiger partial charge in [0.1, 0.15) is 0 Å². The van der Waals surface area contributed by atoms with E-state index in [2.05, 4.69) is 73.9 Å². The van der Waals surface area contributed by atoms with Gasteiger partial charge < -0.3 is 9.47 Å². The standard InChI is InChI=1S/C21H26N4.ClH/c1-2-8-19(9-3-1)24-16-14-23(15-17-24)12-6-7-13-25-18-22-20-10-4-5-11-21(20)25;/h1-5,8-11,18H,6-7,12-17H2;1H. The quantitative estimate of drug-likeness (QED) is 0.611. The van der Waals surface area contributed by atoms with Gasteiger partial charge in [-0.1, -0.05) is 30.3 Å². The Bertz CT molecular complexity index is 794. The molecule has 3 aromatic rings. The largest absolute Gasteiger partial charge is 0.369 e. The molecule has 2 aromatic carbocycles. The normalized spacial score (nSPS) is 15.2. The SMILES string of the molecule is Cl.c1ccc(N2CCN(CCCCn3cnc4ccccc43)CC2)cc1. The van der Waals surface area contributed by atoms with Gasteiger partial charge in [-0.15, -0.1) is 12.4 Å². The van der Waals surface area contributed by atoms with Crippen molar-refractivity contribution in [2.24, 2.45) is 0 Å². The summed E-state index contributed by atoms with van der Waals surface area (Å²) >= 11 is 0. The molecule has 5 heteroatoms. The lowest BCUT2D eigenvalue weighted by molar-refractivity contribution is 0.251. The monoisotopic (exact) mass is 370 g/mol. The first-order valence-electron chi connectivity index (χ1n) is 9.32. The highest BCUT2D eigenvalue weighted by Gasteiger charge is 2.16. The molecule has 4 rings (SSSR count). The lowest BCUT2D eigenvalue weighted by Crippen LogP contribution is -2.46. The zero-order valence-corrected chi connectivity index (χ0v) is 15.9. The van der Waals surface area contributed by atoms with Gasteiger partial charge in [-0.05, 0) is 43.7 Å². The smallest absolute Gasteiger partial charge is 0.0958 e. The Balaban J connectivity index is 0.00000196. The van der Waals surface area contributed by atoms with E-state index >= 15 is 0 Å². The molecule has 0 spiro atoms. The Labute approximate surface area is 161 Å². The van der Waals surface area contributed by atoms with E-state index in [0.29, 0.717) is 0 Å². The molecule has 1 aromatic heterocycles. The predicted molar refractivity (Wildman–Crippen MR) is 111 cm³/mol. The topological polar surface area (TPSA) is 24.3 Å². The first kappa shape index (κ1) is 18.7. The fourth-order valence-electron chi connectivity index (χ4n) is 3.67. The van der Waals surface area contributed by atoms with Crippen molar-refractivity contribution in [1.29, 1.82) is 0 Å². The van der Waals surface area contributed by atoms with Crippen LogP contribution in [0, 0.1) is 0 Å². The molecule has 2 heterocycles. The van der Waals surface area contributed by atoms with E-state index in [1.54, 1.807) is 0 Å². The van der Waals surface area contributed by atoms with Crippen LogP contribution in [0.2, 0.25) is 0 Å². The number of benzene rings is 2. The second kappa shape index (κ2) is 9.06. The summed E-state index contributed by atoms with van der Waals surface area (Å²) < 4.78 is 2.28. The van der Waals surface area contributed by atoms with Gasteiger partial charge in [-0.2, -0.15) is 0 Å². The molecule has 4 nitrogen and oxygen atoms in total. The van der Waals surface area contributed by atoms with Crippen molar-refractivity contribution in [2.45, 2.75) is 19.4 Å². The number of anilines is 1. The summed E-state index contributed by atoms with van der Waals surface area (Å²) in [6.45, 7) is 6.87. The van der Waals surface area contributed by atoms with E-state index in [1.165, 1.54) is 43.7 Å². The number of hydrogen-bond donors (Lipinski definition) is 0. The Morgan fingerprint density at radius 2 is 1.46 bits per heavy atom. The van der Waals surface area contributed by atoms with Gasteiger partial charge in [0.2, 0.25) is 0 Å². The second-order valence-corrected chi connectivity index (χ2v) is 6.80. The molecular weight excluding hydrogens is 344 g/mol. The number of piperazine rings is 1. The first-order chi connectivity index (χ1) is 12.4. The molecule has 1 fully saturated rings. The van der Waals surface area contributed by atoms with Crippen LogP contribution in [0.25, 0.3) is 11.0 Å². The Hall–Kier alpha value is -2.04. The van der Waals surface area contributed by atoms with Crippen LogP contribution in [0.15, 0.2) is 60.9 Å². The number of halogens is 1. The molecule has 0 saturated carbocycles. The number of aromatic nitrogens is 2. The molecule has 0 atom stereocenters. The van der Waals surface area contributed by atoms with Gasteiger partial charge in [-0.3, -0.25) is 4.90 Å². The number of aryl methyl sites for hydroxylation is 1. The Morgan fingerprint density at radius 3 is 2.27 bits per heavy atom. The van der Waals surface area contributed by atoms with Crippen molar-refractivity contribution >= 4 is 29.1 Å². The van der Waals surface area contributed by atoms with Gasteiger partial charge in [0.15, 0.2) is 0 Å². The van der Waals surface area contributed by atoms with Gasteiger partial charge in [0.05, 0.1) is 17.4 Å². The third-order valence-corrected chi connectivity index (χ3v) is 5.14. The Morgan fingerprint density at radius 1 is 0.769 bits per heavy atom. The molecule has 0 N–H and O–H groups in total. The molecule has 0 unspecified atom stereocenters. The van der Waals surface area contributed by atoms with Crippen LogP contribution in [-0.4, -0.2) is 47.2 Å². The van der Waals surface area contributed by atoms with Crippen molar-refractivity contribution in [2.75, 3.05) is 37.6 Å². The number of fused-ring (bicyclic) bond motifs is 1. The highest BCUT2D eigenvalue weighted by molar-refractivity contribution is 5.85. The van der Waals surface area contributed by atoms with Crippen molar-refractivity contribution < 1.29 is 0 Å². The summed E-state index contributed by atoms with van der Waals surface area (Å²) in [5.74, 6) is 0. The number of unbranched alkanes of at least 4 members (excludes halogenated alkanes) is 1. The summed E-state index contributed by atoms with van der Waals surface area (Å²) in [7, 11) is 0. The van der Waals surface area contributed by atoms with Crippen LogP contribution in [0.4, 0.5) is 5.69 Å². The Kier molecular flexibility index (Phi) is 6.53. The number of rotatable bonds is 6. The lowest BCUT2D eigenvalue weighted by atomic mass is 10.2. The van der Waals surface area contributed by atoms with Crippen LogP contribution in [0.5, 0.6) is 0 Å². The summed E-state index contributed by atoms with van der Waals surface area (Å²) in [5.41, 5.74) is 3.70. The third-order valence-electron chi connectivity index (χ3n) is 5.14. The maximum atomic E-state index is 4.47. The van der Waals surface area contributed by atoms with Gasteiger partial charge in [-0.25, -0.2) is 4.98 Å². The molecule has 0 bridgehead atoms. The minimum Gasteiger partial charge on any atom is -0.369 e. The summed E-state index contributed by atoms with van der Waals surface area (Å²) in [6.07, 6.45) is 4.43. The lowest BCUT2D eigenvalue weighted by Gasteiger charge is -2.36. The van der Waals surface area contributed by atoms with E-state index in [4.69, 9.17) is 0 Å². The highest BCUT2D eigenvalue weighted by Crippen LogP contribution is 2.16. The van der Waals surface area contributed by atoms with E-state index in [1.807, 2.05) is 6.33 Å². The number of hydrogen-bond acceptors (Lipinski definition) is 3. The first-order valence-corrected chi connectivity index (χ1v) is 9.32. The summed E-state index contributed by atoms with van der Waals surface area (Å²) in [4.78, 5) is 9.57. The van der Waals surface area contributed by atoms with Gasteiger partial charge in [0, 0.05) is 38.4 Å². The highest BCUT2D eigenvalue weighted by atomic mass is 35.5. The minimum atomic E-state index is 0. The molecule has 0 aliphatic carbocycles. The van der Waals surface area contributed by atoms with Gasteiger partial charge >= 0.3 is 0 Å². The average Bonchev–Trinajstić information content (AvgIpc) is 3.10. The molecule has 26 heavy (non-hydrogen) atoms. The molecule has 0 radical (unpaired) electrons. The summed E-state index contributed by atoms with van der Waals surface area (Å²) in [6, 6.07) is 19.1. The number of imidazole rings is 1. The van der Waals surface area contributed by atoms with Gasteiger partial charge in [0.25, 0.3) is 0 Å². The van der Waals surface area contributed by atoms with Crippen LogP contribution in [-0.2, 0) is 6.54 Å². The van der Waals surface area contributed by atoms with Crippen LogP contribution < -0.4 is 4.90 Å². The molecule has 0 amide bonds. The molecule has 1 saturated heterocycles. The maximum Gasteiger partial charge on any atom is 0.0958 e. The molecule has 1 aliphatic heterocycles. The number of para-hydroxylation sites is 3. The minimum absolute atomic E-state index is 0. The van der Waals surface area contributed by atoms with E-state index < -0.39 is 0 Å². The van der Waals surface area contributed by atoms with Crippen molar-refractivity contribution in [3.05, 3.63) is 60.9 Å². The predicted octanol–water partition coefficient (Wildman–Crippen LogP) is 4.06. The molecular formula is C21H27ClN4. The van der Waals surface area contributed by atoms with Crippen molar-refractivity contribution in [1.82, 2.24) is 14.5 Å². The van der Waals surface area contributed by atoms with Crippen LogP contribution >= 0.6 is 12.4 Å². The maximum absolute atomic E-state index is 4.47. The van der Waals surface area contributed by atoms with Crippen LogP contribution in [0.3, 0.4) is 0 Å². The molecule has 138 valence electrons.